The Kier molecular flexibility index (Phi) is 5.96. The highest BCUT2D eigenvalue weighted by Gasteiger charge is 2.31. The molecule has 1 N–H and O–H groups in total. The minimum absolute atomic E-state index is 0.0281. The smallest absolute Gasteiger partial charge is 0.273 e. The van der Waals surface area contributed by atoms with Gasteiger partial charge in [-0.15, -0.1) is 11.3 Å². The average Bonchev–Trinajstić information content (AvgIpc) is 3.13. The van der Waals surface area contributed by atoms with E-state index in [1.54, 1.807) is 35.6 Å². The topological polar surface area (TPSA) is 53.4 Å². The Morgan fingerprint density at radius 2 is 1.80 bits per heavy atom. The molecule has 0 spiro atoms. The van der Waals surface area contributed by atoms with Gasteiger partial charge in [0.2, 0.25) is 0 Å². The number of benzene rings is 1. The minimum atomic E-state index is -0.0732. The van der Waals surface area contributed by atoms with Crippen LogP contribution >= 0.6 is 11.3 Å². The molecule has 0 aliphatic rings. The van der Waals surface area contributed by atoms with Crippen LogP contribution in [-0.2, 0) is 12.0 Å². The predicted molar refractivity (Wildman–Crippen MR) is 125 cm³/mol. The van der Waals surface area contributed by atoms with E-state index in [-0.39, 0.29) is 28.5 Å². The van der Waals surface area contributed by atoms with E-state index in [4.69, 9.17) is 0 Å². The summed E-state index contributed by atoms with van der Waals surface area (Å²) in [6.45, 7) is 15.8. The lowest BCUT2D eigenvalue weighted by molar-refractivity contribution is 0.0524. The number of rotatable bonds is 4. The standard InChI is InChI=1S/C25H32N2O2S/c1-16(24(2,3)4)27(14-17-12-22(30-15-17)25(5,6)7)23(29)21-10-8-18-13-19(28)9-11-20(18)26-21/h8-13,15-16,28H,14H2,1-7H3/t16-/m0/s1. The van der Waals surface area contributed by atoms with Gasteiger partial charge in [0.1, 0.15) is 11.4 Å². The number of hydrogen-bond donors (Lipinski definition) is 1. The van der Waals surface area contributed by atoms with Crippen molar-refractivity contribution in [2.45, 2.75) is 66.5 Å². The molecule has 0 saturated heterocycles. The molecule has 0 fully saturated rings. The van der Waals surface area contributed by atoms with Gasteiger partial charge in [-0.1, -0.05) is 47.6 Å². The molecular weight excluding hydrogens is 392 g/mol. The number of amides is 1. The predicted octanol–water partition coefficient (Wildman–Crippen LogP) is 6.38. The van der Waals surface area contributed by atoms with Crippen LogP contribution in [0.5, 0.6) is 5.75 Å². The normalized spacial score (nSPS) is 13.4. The molecule has 30 heavy (non-hydrogen) atoms. The number of aromatic hydroxyl groups is 1. The fraction of sp³-hybridized carbons (Fsp3) is 0.440. The summed E-state index contributed by atoms with van der Waals surface area (Å²) in [6.07, 6.45) is 0. The van der Waals surface area contributed by atoms with E-state index in [0.29, 0.717) is 17.8 Å². The first-order valence-corrected chi connectivity index (χ1v) is 11.2. The quantitative estimate of drug-likeness (QED) is 0.529. The molecule has 0 aliphatic heterocycles. The van der Waals surface area contributed by atoms with Crippen molar-refractivity contribution < 1.29 is 9.90 Å². The molecule has 160 valence electrons. The van der Waals surface area contributed by atoms with Gasteiger partial charge < -0.3 is 10.0 Å². The molecular formula is C25H32N2O2S. The van der Waals surface area contributed by atoms with Gasteiger partial charge in [-0.05, 0) is 59.0 Å². The minimum Gasteiger partial charge on any atom is -0.508 e. The highest BCUT2D eigenvalue weighted by Crippen LogP contribution is 2.32. The number of thiophene rings is 1. The molecule has 2 aromatic heterocycles. The second-order valence-electron chi connectivity index (χ2n) is 10.1. The van der Waals surface area contributed by atoms with Crippen molar-refractivity contribution in [3.05, 3.63) is 57.9 Å². The van der Waals surface area contributed by atoms with E-state index in [2.05, 4.69) is 64.9 Å². The average molecular weight is 425 g/mol. The van der Waals surface area contributed by atoms with Crippen molar-refractivity contribution >= 4 is 28.1 Å². The number of hydrogen-bond acceptors (Lipinski definition) is 4. The molecule has 1 atom stereocenters. The number of carbonyl (C=O) groups excluding carboxylic acids is 1. The van der Waals surface area contributed by atoms with E-state index in [1.807, 2.05) is 11.0 Å². The van der Waals surface area contributed by atoms with Crippen molar-refractivity contribution in [2.24, 2.45) is 5.41 Å². The summed E-state index contributed by atoms with van der Waals surface area (Å²) in [7, 11) is 0. The summed E-state index contributed by atoms with van der Waals surface area (Å²) in [5, 5.41) is 12.7. The van der Waals surface area contributed by atoms with Crippen molar-refractivity contribution in [3.63, 3.8) is 0 Å². The largest absolute Gasteiger partial charge is 0.508 e. The van der Waals surface area contributed by atoms with Crippen LogP contribution in [0, 0.1) is 5.41 Å². The third kappa shape index (κ3) is 4.84. The second kappa shape index (κ2) is 8.03. The van der Waals surface area contributed by atoms with E-state index in [9.17, 15) is 9.90 Å². The lowest BCUT2D eigenvalue weighted by Crippen LogP contribution is -2.45. The van der Waals surface area contributed by atoms with E-state index in [1.165, 1.54) is 4.88 Å². The number of pyridine rings is 1. The highest BCUT2D eigenvalue weighted by atomic mass is 32.1. The lowest BCUT2D eigenvalue weighted by Gasteiger charge is -2.37. The van der Waals surface area contributed by atoms with Gasteiger partial charge in [0.05, 0.1) is 5.52 Å². The fourth-order valence-electron chi connectivity index (χ4n) is 3.28. The molecule has 1 aromatic carbocycles. The van der Waals surface area contributed by atoms with Crippen LogP contribution in [0.4, 0.5) is 0 Å². The maximum Gasteiger partial charge on any atom is 0.273 e. The summed E-state index contributed by atoms with van der Waals surface area (Å²) >= 11 is 1.75. The fourth-order valence-corrected chi connectivity index (χ4v) is 4.27. The monoisotopic (exact) mass is 424 g/mol. The Morgan fingerprint density at radius 3 is 2.40 bits per heavy atom. The number of aromatic nitrogens is 1. The maximum atomic E-state index is 13.6. The third-order valence-corrected chi connectivity index (χ3v) is 7.02. The lowest BCUT2D eigenvalue weighted by atomic mass is 9.86. The summed E-state index contributed by atoms with van der Waals surface area (Å²) in [4.78, 5) is 21.4. The molecule has 1 amide bonds. The van der Waals surface area contributed by atoms with Gasteiger partial charge in [0.15, 0.2) is 0 Å². The Morgan fingerprint density at radius 1 is 1.10 bits per heavy atom. The van der Waals surface area contributed by atoms with Gasteiger partial charge in [-0.3, -0.25) is 4.79 Å². The van der Waals surface area contributed by atoms with Gasteiger partial charge in [-0.2, -0.15) is 0 Å². The number of carbonyl (C=O) groups is 1. The van der Waals surface area contributed by atoms with Crippen LogP contribution in [0.15, 0.2) is 41.8 Å². The molecule has 5 heteroatoms. The van der Waals surface area contributed by atoms with Crippen LogP contribution in [0.3, 0.4) is 0 Å². The number of phenolic OH excluding ortho intramolecular Hbond substituents is 1. The SMILES string of the molecule is C[C@H](N(Cc1csc(C(C)(C)C)c1)C(=O)c1ccc2cc(O)ccc2n1)C(C)(C)C. The van der Waals surface area contributed by atoms with Crippen molar-refractivity contribution in [3.8, 4) is 5.75 Å². The molecule has 3 aromatic rings. The molecule has 0 saturated carbocycles. The van der Waals surface area contributed by atoms with Crippen molar-refractivity contribution in [2.75, 3.05) is 0 Å². The van der Waals surface area contributed by atoms with Crippen molar-refractivity contribution in [1.82, 2.24) is 9.88 Å². The molecule has 0 aliphatic carbocycles. The first kappa shape index (κ1) is 22.3. The Hall–Kier alpha value is -2.40. The number of phenols is 1. The van der Waals surface area contributed by atoms with Gasteiger partial charge in [-0.25, -0.2) is 4.98 Å². The number of nitrogens with zero attached hydrogens (tertiary/aromatic N) is 2. The molecule has 2 heterocycles. The zero-order valence-electron chi connectivity index (χ0n) is 19.0. The summed E-state index contributed by atoms with van der Waals surface area (Å²) < 4.78 is 0. The number of fused-ring (bicyclic) bond motifs is 1. The summed E-state index contributed by atoms with van der Waals surface area (Å²) in [5.41, 5.74) is 2.31. The van der Waals surface area contributed by atoms with Gasteiger partial charge in [0, 0.05) is 22.8 Å². The second-order valence-corrected chi connectivity index (χ2v) is 11.0. The highest BCUT2D eigenvalue weighted by molar-refractivity contribution is 7.10. The zero-order chi connectivity index (χ0) is 22.3. The molecule has 3 rings (SSSR count). The summed E-state index contributed by atoms with van der Waals surface area (Å²) in [5.74, 6) is 0.120. The first-order valence-electron chi connectivity index (χ1n) is 10.3. The van der Waals surface area contributed by atoms with Crippen LogP contribution in [0.25, 0.3) is 10.9 Å². The first-order chi connectivity index (χ1) is 13.9. The van der Waals surface area contributed by atoms with E-state index in [0.717, 1.165) is 10.9 Å². The Labute approximate surface area is 183 Å². The summed E-state index contributed by atoms with van der Waals surface area (Å²) in [6, 6.07) is 10.8. The van der Waals surface area contributed by atoms with Crippen LogP contribution in [0.1, 0.15) is 69.4 Å². The van der Waals surface area contributed by atoms with Crippen molar-refractivity contribution in [1.29, 1.82) is 0 Å². The molecule has 0 radical (unpaired) electrons. The molecule has 0 unspecified atom stereocenters. The van der Waals surface area contributed by atoms with Crippen LogP contribution < -0.4 is 0 Å². The van der Waals surface area contributed by atoms with Crippen LogP contribution in [-0.4, -0.2) is 26.9 Å². The third-order valence-electron chi connectivity index (χ3n) is 5.62. The van der Waals surface area contributed by atoms with Gasteiger partial charge >= 0.3 is 0 Å². The van der Waals surface area contributed by atoms with E-state index >= 15 is 0 Å². The molecule has 0 bridgehead atoms. The molecule has 4 nitrogen and oxygen atoms in total. The van der Waals surface area contributed by atoms with Gasteiger partial charge in [0.25, 0.3) is 5.91 Å². The van der Waals surface area contributed by atoms with Crippen LogP contribution in [0.2, 0.25) is 0 Å². The van der Waals surface area contributed by atoms with E-state index < -0.39 is 0 Å². The Bertz CT molecular complexity index is 1060. The maximum absolute atomic E-state index is 13.6. The zero-order valence-corrected chi connectivity index (χ0v) is 19.8. The Balaban J connectivity index is 1.96.